The van der Waals surface area contributed by atoms with Crippen LogP contribution in [-0.2, 0) is 16.4 Å². The summed E-state index contributed by atoms with van der Waals surface area (Å²) in [5, 5.41) is 11.2. The summed E-state index contributed by atoms with van der Waals surface area (Å²) in [6.45, 7) is 0.645. The van der Waals surface area contributed by atoms with Crippen molar-refractivity contribution in [2.45, 2.75) is 19.3 Å². The predicted octanol–water partition coefficient (Wildman–Crippen LogP) is 3.44. The first kappa shape index (κ1) is 19.7. The number of nitrogens with zero attached hydrogens (tertiary/aromatic N) is 1. The van der Waals surface area contributed by atoms with E-state index < -0.39 is 15.4 Å². The van der Waals surface area contributed by atoms with Crippen LogP contribution in [0.2, 0.25) is 0 Å². The van der Waals surface area contributed by atoms with Gasteiger partial charge in [0.1, 0.15) is 5.82 Å². The van der Waals surface area contributed by atoms with E-state index >= 15 is 0 Å². The molecule has 0 spiro atoms. The number of rotatable bonds is 6. The molecule has 27 heavy (non-hydrogen) atoms. The summed E-state index contributed by atoms with van der Waals surface area (Å²) in [4.78, 5) is 0. The van der Waals surface area contributed by atoms with Crippen LogP contribution in [0.25, 0.3) is 6.08 Å². The van der Waals surface area contributed by atoms with Gasteiger partial charge < -0.3 is 5.11 Å². The summed E-state index contributed by atoms with van der Waals surface area (Å²) >= 11 is 0. The van der Waals surface area contributed by atoms with E-state index in [0.29, 0.717) is 32.4 Å². The fourth-order valence-corrected chi connectivity index (χ4v) is 4.69. The number of halogens is 1. The quantitative estimate of drug-likeness (QED) is 0.823. The molecule has 1 aliphatic heterocycles. The molecule has 0 amide bonds. The second kappa shape index (κ2) is 8.33. The third-order valence-electron chi connectivity index (χ3n) is 5.18. The van der Waals surface area contributed by atoms with Gasteiger partial charge in [-0.15, -0.1) is 0 Å². The summed E-state index contributed by atoms with van der Waals surface area (Å²) < 4.78 is 40.1. The molecule has 1 saturated heterocycles. The van der Waals surface area contributed by atoms with Crippen molar-refractivity contribution in [3.63, 3.8) is 0 Å². The van der Waals surface area contributed by atoms with Crippen molar-refractivity contribution in [3.8, 4) is 0 Å². The molecule has 0 saturated carbocycles. The molecule has 2 aromatic rings. The Morgan fingerprint density at radius 3 is 2.41 bits per heavy atom. The van der Waals surface area contributed by atoms with Gasteiger partial charge in [-0.2, -0.15) is 4.31 Å². The van der Waals surface area contributed by atoms with Crippen molar-refractivity contribution in [3.05, 3.63) is 76.9 Å². The highest BCUT2D eigenvalue weighted by molar-refractivity contribution is 7.92. The van der Waals surface area contributed by atoms with Crippen molar-refractivity contribution in [1.29, 1.82) is 0 Å². The normalized spacial score (nSPS) is 18.0. The molecule has 0 aliphatic carbocycles. The average molecular weight is 389 g/mol. The third-order valence-corrected chi connectivity index (χ3v) is 6.74. The Morgan fingerprint density at radius 2 is 1.78 bits per heavy atom. The van der Waals surface area contributed by atoms with E-state index in [0.717, 1.165) is 11.1 Å². The fourth-order valence-electron chi connectivity index (χ4n) is 3.50. The first-order valence-electron chi connectivity index (χ1n) is 9.01. The molecule has 1 fully saturated rings. The van der Waals surface area contributed by atoms with Crippen LogP contribution in [0.4, 0.5) is 4.39 Å². The molecular formula is C21H24FNO3S. The second-order valence-electron chi connectivity index (χ2n) is 7.12. The lowest BCUT2D eigenvalue weighted by Gasteiger charge is -2.40. The van der Waals surface area contributed by atoms with Gasteiger partial charge in [-0.05, 0) is 54.0 Å². The van der Waals surface area contributed by atoms with Gasteiger partial charge in [-0.25, -0.2) is 12.8 Å². The van der Waals surface area contributed by atoms with E-state index in [9.17, 15) is 17.9 Å². The van der Waals surface area contributed by atoms with E-state index in [1.165, 1.54) is 21.8 Å². The van der Waals surface area contributed by atoms with E-state index in [-0.39, 0.29) is 12.4 Å². The Bertz CT molecular complexity index is 889. The van der Waals surface area contributed by atoms with Gasteiger partial charge in [0.05, 0.1) is 0 Å². The summed E-state index contributed by atoms with van der Waals surface area (Å²) in [6, 6.07) is 15.6. The van der Waals surface area contributed by atoms with Crippen LogP contribution in [0.3, 0.4) is 0 Å². The van der Waals surface area contributed by atoms with Gasteiger partial charge in [0.2, 0.25) is 10.0 Å². The standard InChI is InChI=1S/C21H24FNO3S/c22-20-8-4-7-19(15-20)16-21(17-24)10-12-23(13-11-21)27(25,26)14-9-18-5-2-1-3-6-18/h1-9,14-15,24H,10-13,16-17H2/b14-9+. The molecule has 0 radical (unpaired) electrons. The molecule has 0 aromatic heterocycles. The summed E-state index contributed by atoms with van der Waals surface area (Å²) in [7, 11) is -3.51. The minimum absolute atomic E-state index is 0.0444. The number of aliphatic hydroxyl groups excluding tert-OH is 1. The van der Waals surface area contributed by atoms with Crippen LogP contribution < -0.4 is 0 Å². The largest absolute Gasteiger partial charge is 0.396 e. The Labute approximate surface area is 160 Å². The van der Waals surface area contributed by atoms with Crippen LogP contribution in [-0.4, -0.2) is 37.5 Å². The van der Waals surface area contributed by atoms with Crippen LogP contribution in [0.5, 0.6) is 0 Å². The predicted molar refractivity (Wildman–Crippen MR) is 105 cm³/mol. The highest BCUT2D eigenvalue weighted by Crippen LogP contribution is 2.36. The van der Waals surface area contributed by atoms with Crippen LogP contribution >= 0.6 is 0 Å². The Morgan fingerprint density at radius 1 is 1.07 bits per heavy atom. The van der Waals surface area contributed by atoms with Crippen molar-refractivity contribution < 1.29 is 17.9 Å². The highest BCUT2D eigenvalue weighted by Gasteiger charge is 2.37. The zero-order valence-electron chi connectivity index (χ0n) is 15.1. The molecule has 6 heteroatoms. The number of hydrogen-bond donors (Lipinski definition) is 1. The second-order valence-corrected chi connectivity index (χ2v) is 8.94. The SMILES string of the molecule is O=S(=O)(/C=C/c1ccccc1)N1CCC(CO)(Cc2cccc(F)c2)CC1. The van der Waals surface area contributed by atoms with E-state index in [1.807, 2.05) is 36.4 Å². The zero-order valence-corrected chi connectivity index (χ0v) is 15.9. The number of benzene rings is 2. The van der Waals surface area contributed by atoms with E-state index in [2.05, 4.69) is 0 Å². The summed E-state index contributed by atoms with van der Waals surface area (Å²) in [5.41, 5.74) is 1.24. The van der Waals surface area contributed by atoms with Gasteiger partial charge in [0.25, 0.3) is 0 Å². The molecule has 0 bridgehead atoms. The monoisotopic (exact) mass is 389 g/mol. The average Bonchev–Trinajstić information content (AvgIpc) is 2.68. The Balaban J connectivity index is 1.66. The molecule has 0 unspecified atom stereocenters. The summed E-state index contributed by atoms with van der Waals surface area (Å²) in [6.07, 6.45) is 3.21. The molecule has 2 aromatic carbocycles. The molecule has 1 heterocycles. The summed E-state index contributed by atoms with van der Waals surface area (Å²) in [5.74, 6) is -0.299. The Hall–Kier alpha value is -2.02. The maximum absolute atomic E-state index is 13.4. The van der Waals surface area contributed by atoms with Crippen molar-refractivity contribution in [2.24, 2.45) is 5.41 Å². The van der Waals surface area contributed by atoms with Crippen LogP contribution in [0.15, 0.2) is 60.0 Å². The van der Waals surface area contributed by atoms with Gasteiger partial charge in [-0.3, -0.25) is 0 Å². The highest BCUT2D eigenvalue weighted by atomic mass is 32.2. The lowest BCUT2D eigenvalue weighted by Crippen LogP contribution is -2.45. The van der Waals surface area contributed by atoms with Crippen LogP contribution in [0, 0.1) is 11.2 Å². The minimum atomic E-state index is -3.51. The molecule has 1 aliphatic rings. The van der Waals surface area contributed by atoms with Crippen molar-refractivity contribution in [2.75, 3.05) is 19.7 Å². The maximum atomic E-state index is 13.4. The van der Waals surface area contributed by atoms with Gasteiger partial charge in [0, 0.05) is 25.1 Å². The molecule has 3 rings (SSSR count). The molecular weight excluding hydrogens is 365 g/mol. The number of piperidine rings is 1. The molecule has 4 nitrogen and oxygen atoms in total. The maximum Gasteiger partial charge on any atom is 0.236 e. The molecule has 0 atom stereocenters. The van der Waals surface area contributed by atoms with Gasteiger partial charge in [0.15, 0.2) is 0 Å². The Kier molecular flexibility index (Phi) is 6.09. The van der Waals surface area contributed by atoms with E-state index in [4.69, 9.17) is 0 Å². The van der Waals surface area contributed by atoms with Crippen molar-refractivity contribution >= 4 is 16.1 Å². The molecule has 144 valence electrons. The number of sulfonamides is 1. The van der Waals surface area contributed by atoms with Gasteiger partial charge >= 0.3 is 0 Å². The number of aliphatic hydroxyl groups is 1. The first-order chi connectivity index (χ1) is 12.9. The first-order valence-corrected chi connectivity index (χ1v) is 10.5. The lowest BCUT2D eigenvalue weighted by molar-refractivity contribution is 0.0687. The smallest absolute Gasteiger partial charge is 0.236 e. The minimum Gasteiger partial charge on any atom is -0.396 e. The lowest BCUT2D eigenvalue weighted by atomic mass is 9.75. The topological polar surface area (TPSA) is 57.6 Å². The van der Waals surface area contributed by atoms with Crippen molar-refractivity contribution in [1.82, 2.24) is 4.31 Å². The van der Waals surface area contributed by atoms with Crippen LogP contribution in [0.1, 0.15) is 24.0 Å². The number of hydrogen-bond acceptors (Lipinski definition) is 3. The zero-order chi connectivity index (χ0) is 19.3. The van der Waals surface area contributed by atoms with Gasteiger partial charge in [-0.1, -0.05) is 42.5 Å². The molecule has 1 N–H and O–H groups in total. The van der Waals surface area contributed by atoms with E-state index in [1.54, 1.807) is 12.1 Å². The fraction of sp³-hybridized carbons (Fsp3) is 0.333. The third kappa shape index (κ3) is 5.03.